The van der Waals surface area contributed by atoms with E-state index in [0.29, 0.717) is 5.88 Å². The highest BCUT2D eigenvalue weighted by Gasteiger charge is 2.26. The molecule has 1 N–H and O–H groups in total. The van der Waals surface area contributed by atoms with Crippen LogP contribution in [0.15, 0.2) is 24.3 Å². The van der Waals surface area contributed by atoms with Crippen LogP contribution in [-0.2, 0) is 0 Å². The second-order valence-corrected chi connectivity index (χ2v) is 6.89. The van der Waals surface area contributed by atoms with Gasteiger partial charge in [0.25, 0.3) is 5.91 Å². The molecule has 1 amide bonds. The Hall–Kier alpha value is -0.290. The Morgan fingerprint density at radius 3 is 2.50 bits per heavy atom. The predicted octanol–water partition coefficient (Wildman–Crippen LogP) is 4.06. The van der Waals surface area contributed by atoms with E-state index in [2.05, 4.69) is 48.7 Å². The largest absolute Gasteiger partial charge is 0.349 e. The maximum atomic E-state index is 12.2. The lowest BCUT2D eigenvalue weighted by Crippen LogP contribution is -2.44. The molecule has 0 heterocycles. The van der Waals surface area contributed by atoms with E-state index >= 15 is 0 Å². The predicted molar refractivity (Wildman–Crippen MR) is 85.2 cm³/mol. The Balaban J connectivity index is 2.82. The number of carbonyl (C=O) groups excluding carboxylic acids is 1. The van der Waals surface area contributed by atoms with Crippen LogP contribution in [0.3, 0.4) is 0 Å². The monoisotopic (exact) mass is 379 g/mol. The van der Waals surface area contributed by atoms with Crippen molar-refractivity contribution in [1.29, 1.82) is 0 Å². The summed E-state index contributed by atoms with van der Waals surface area (Å²) in [6.45, 7) is 6.33. The van der Waals surface area contributed by atoms with Crippen molar-refractivity contribution in [3.8, 4) is 0 Å². The van der Waals surface area contributed by atoms with Gasteiger partial charge in [-0.05, 0) is 46.6 Å². The third-order valence-corrected chi connectivity index (χ3v) is 4.03. The molecule has 0 spiro atoms. The van der Waals surface area contributed by atoms with Gasteiger partial charge in [-0.15, -0.1) is 11.6 Å². The average Bonchev–Trinajstić information content (AvgIpc) is 2.27. The lowest BCUT2D eigenvalue weighted by Gasteiger charge is -2.31. The van der Waals surface area contributed by atoms with Crippen LogP contribution in [-0.4, -0.2) is 17.8 Å². The molecule has 0 radical (unpaired) electrons. The number of carbonyl (C=O) groups is 1. The molecule has 1 aromatic rings. The molecule has 0 saturated carbocycles. The van der Waals surface area contributed by atoms with Gasteiger partial charge < -0.3 is 5.32 Å². The lowest BCUT2D eigenvalue weighted by atomic mass is 9.85. The van der Waals surface area contributed by atoms with Crippen molar-refractivity contribution in [2.75, 3.05) is 5.88 Å². The van der Waals surface area contributed by atoms with Gasteiger partial charge in [0, 0.05) is 15.5 Å². The first-order valence-electron chi connectivity index (χ1n) is 5.97. The molecule has 1 aromatic carbocycles. The maximum absolute atomic E-state index is 12.2. The molecule has 18 heavy (non-hydrogen) atoms. The van der Waals surface area contributed by atoms with Gasteiger partial charge in [-0.1, -0.05) is 32.9 Å². The summed E-state index contributed by atoms with van der Waals surface area (Å²) in [7, 11) is 0. The van der Waals surface area contributed by atoms with E-state index in [1.54, 1.807) is 0 Å². The third kappa shape index (κ3) is 4.43. The van der Waals surface area contributed by atoms with Gasteiger partial charge in [-0.2, -0.15) is 0 Å². The minimum absolute atomic E-state index is 0.00473. The highest BCUT2D eigenvalue weighted by Crippen LogP contribution is 2.23. The molecule has 1 rings (SSSR count). The molecule has 0 aliphatic rings. The van der Waals surface area contributed by atoms with Crippen LogP contribution in [0.1, 0.15) is 37.6 Å². The Morgan fingerprint density at radius 2 is 2.00 bits per heavy atom. The van der Waals surface area contributed by atoms with Crippen LogP contribution < -0.4 is 5.32 Å². The Morgan fingerprint density at radius 1 is 1.39 bits per heavy atom. The van der Waals surface area contributed by atoms with E-state index in [1.807, 2.05) is 24.3 Å². The maximum Gasteiger partial charge on any atom is 0.252 e. The highest BCUT2D eigenvalue weighted by atomic mass is 127. The summed E-state index contributed by atoms with van der Waals surface area (Å²) in [4.78, 5) is 12.2. The van der Waals surface area contributed by atoms with Crippen LogP contribution in [0, 0.1) is 8.99 Å². The second-order valence-electron chi connectivity index (χ2n) is 5.35. The zero-order valence-electron chi connectivity index (χ0n) is 11.0. The Labute approximate surface area is 128 Å². The molecule has 0 bridgehead atoms. The second kappa shape index (κ2) is 6.75. The van der Waals surface area contributed by atoms with Crippen LogP contribution in [0.4, 0.5) is 0 Å². The minimum atomic E-state index is -0.0231. The summed E-state index contributed by atoms with van der Waals surface area (Å²) < 4.78 is 0.964. The van der Waals surface area contributed by atoms with E-state index < -0.39 is 0 Å². The van der Waals surface area contributed by atoms with Crippen LogP contribution >= 0.6 is 34.2 Å². The zero-order chi connectivity index (χ0) is 13.8. The molecule has 4 heteroatoms. The van der Waals surface area contributed by atoms with Crippen molar-refractivity contribution in [2.24, 2.45) is 5.41 Å². The van der Waals surface area contributed by atoms with Gasteiger partial charge in [-0.3, -0.25) is 4.79 Å². The van der Waals surface area contributed by atoms with Gasteiger partial charge in [0.1, 0.15) is 0 Å². The molecule has 0 aromatic heterocycles. The van der Waals surface area contributed by atoms with Crippen molar-refractivity contribution in [3.05, 3.63) is 33.4 Å². The van der Waals surface area contributed by atoms with Crippen molar-refractivity contribution < 1.29 is 4.79 Å². The molecule has 100 valence electrons. The van der Waals surface area contributed by atoms with E-state index in [1.165, 1.54) is 0 Å². The molecule has 0 saturated heterocycles. The number of nitrogens with one attached hydrogen (secondary N) is 1. The summed E-state index contributed by atoms with van der Waals surface area (Å²) in [6.07, 6.45) is 0.778. The number of halogens is 2. The molecule has 0 aliphatic carbocycles. The summed E-state index contributed by atoms with van der Waals surface area (Å²) in [6, 6.07) is 7.67. The molecule has 0 fully saturated rings. The highest BCUT2D eigenvalue weighted by molar-refractivity contribution is 14.1. The first-order valence-corrected chi connectivity index (χ1v) is 7.59. The van der Waals surface area contributed by atoms with Gasteiger partial charge in [-0.25, -0.2) is 0 Å². The Kier molecular flexibility index (Phi) is 5.92. The third-order valence-electron chi connectivity index (χ3n) is 2.87. The zero-order valence-corrected chi connectivity index (χ0v) is 13.9. The van der Waals surface area contributed by atoms with Crippen LogP contribution in [0.2, 0.25) is 0 Å². The van der Waals surface area contributed by atoms with Gasteiger partial charge in [0.2, 0.25) is 0 Å². The van der Waals surface area contributed by atoms with E-state index in [0.717, 1.165) is 15.6 Å². The fraction of sp³-hybridized carbons (Fsp3) is 0.500. The summed E-state index contributed by atoms with van der Waals surface area (Å²) in [5.41, 5.74) is 0.729. The Bertz CT molecular complexity index is 415. The van der Waals surface area contributed by atoms with E-state index in [9.17, 15) is 4.79 Å². The molecule has 1 atom stereocenters. The average molecular weight is 380 g/mol. The summed E-state index contributed by atoms with van der Waals surface area (Å²) >= 11 is 7.99. The molecular weight excluding hydrogens is 361 g/mol. The van der Waals surface area contributed by atoms with E-state index in [4.69, 9.17) is 11.6 Å². The van der Waals surface area contributed by atoms with Crippen molar-refractivity contribution in [1.82, 2.24) is 5.32 Å². The standard InChI is InChI=1S/C14H19ClINO/c1-14(2,3)12(8-9-15)17-13(18)10-6-4-5-7-11(10)16/h4-7,12H,8-9H2,1-3H3,(H,17,18). The van der Waals surface area contributed by atoms with Crippen LogP contribution in [0.5, 0.6) is 0 Å². The number of alkyl halides is 1. The first kappa shape index (κ1) is 15.8. The molecule has 0 aliphatic heterocycles. The van der Waals surface area contributed by atoms with Crippen molar-refractivity contribution in [3.63, 3.8) is 0 Å². The fourth-order valence-electron chi connectivity index (χ4n) is 1.71. The van der Waals surface area contributed by atoms with Gasteiger partial charge >= 0.3 is 0 Å². The molecule has 2 nitrogen and oxygen atoms in total. The minimum Gasteiger partial charge on any atom is -0.349 e. The SMILES string of the molecule is CC(C)(C)C(CCCl)NC(=O)c1ccccc1I. The molecular formula is C14H19ClINO. The first-order chi connectivity index (χ1) is 8.36. The normalized spacial score (nSPS) is 13.2. The van der Waals surface area contributed by atoms with Crippen LogP contribution in [0.25, 0.3) is 0 Å². The number of rotatable bonds is 4. The van der Waals surface area contributed by atoms with Gasteiger partial charge in [0.05, 0.1) is 5.56 Å². The lowest BCUT2D eigenvalue weighted by molar-refractivity contribution is 0.0899. The number of amides is 1. The fourth-order valence-corrected chi connectivity index (χ4v) is 2.56. The smallest absolute Gasteiger partial charge is 0.252 e. The van der Waals surface area contributed by atoms with Crippen molar-refractivity contribution >= 4 is 40.1 Å². The number of hydrogen-bond acceptors (Lipinski definition) is 1. The van der Waals surface area contributed by atoms with Crippen molar-refractivity contribution in [2.45, 2.75) is 33.2 Å². The van der Waals surface area contributed by atoms with E-state index in [-0.39, 0.29) is 17.4 Å². The summed E-state index contributed by atoms with van der Waals surface area (Å²) in [5.74, 6) is 0.527. The number of benzene rings is 1. The summed E-state index contributed by atoms with van der Waals surface area (Å²) in [5, 5.41) is 3.09. The topological polar surface area (TPSA) is 29.1 Å². The number of hydrogen-bond donors (Lipinski definition) is 1. The van der Waals surface area contributed by atoms with Gasteiger partial charge in [0.15, 0.2) is 0 Å². The quantitative estimate of drug-likeness (QED) is 0.620. The molecule has 1 unspecified atom stereocenters.